The molecule has 0 aliphatic carbocycles. The maximum atomic E-state index is 12.9. The predicted octanol–water partition coefficient (Wildman–Crippen LogP) is 3.56. The Hall–Kier alpha value is -2.16. The Labute approximate surface area is 106 Å². The lowest BCUT2D eigenvalue weighted by molar-refractivity contribution is 0.132. The average Bonchev–Trinajstić information content (AvgIpc) is 2.37. The molecule has 0 heterocycles. The number of hydrogen-bond donors (Lipinski definition) is 0. The minimum absolute atomic E-state index is 0.233. The summed E-state index contributed by atoms with van der Waals surface area (Å²) in [6.45, 7) is 2.21. The van der Waals surface area contributed by atoms with Gasteiger partial charge in [0.15, 0.2) is 0 Å². The lowest BCUT2D eigenvalue weighted by atomic mass is 10.1. The normalized spacial score (nSPS) is 10.8. The molecule has 91 valence electrons. The molecule has 0 N–H and O–H groups in total. The zero-order valence-electron chi connectivity index (χ0n) is 10.1. The molecule has 0 spiro atoms. The summed E-state index contributed by atoms with van der Waals surface area (Å²) in [5, 5.41) is 3.75. The Balaban J connectivity index is 1.91. The van der Waals surface area contributed by atoms with Crippen LogP contribution in [0.5, 0.6) is 0 Å². The van der Waals surface area contributed by atoms with E-state index in [9.17, 15) is 4.39 Å². The van der Waals surface area contributed by atoms with Gasteiger partial charge in [0.25, 0.3) is 0 Å². The highest BCUT2D eigenvalue weighted by Crippen LogP contribution is 2.06. The maximum absolute atomic E-state index is 12.9. The minimum Gasteiger partial charge on any atom is -0.390 e. The van der Waals surface area contributed by atoms with Crippen LogP contribution < -0.4 is 0 Å². The van der Waals surface area contributed by atoms with Crippen molar-refractivity contribution in [2.75, 3.05) is 0 Å². The van der Waals surface area contributed by atoms with Gasteiger partial charge >= 0.3 is 0 Å². The number of rotatable bonds is 4. The molecule has 0 fully saturated rings. The SMILES string of the molecule is Cc1ccccc1/[C]=N\OCc1cccc(F)c1. The molecule has 0 unspecified atom stereocenters. The topological polar surface area (TPSA) is 21.6 Å². The van der Waals surface area contributed by atoms with Gasteiger partial charge in [-0.3, -0.25) is 0 Å². The highest BCUT2D eigenvalue weighted by atomic mass is 19.1. The van der Waals surface area contributed by atoms with Crippen molar-refractivity contribution in [3.05, 3.63) is 71.0 Å². The van der Waals surface area contributed by atoms with Crippen molar-refractivity contribution in [1.82, 2.24) is 0 Å². The summed E-state index contributed by atoms with van der Waals surface area (Å²) >= 11 is 0. The fourth-order valence-corrected chi connectivity index (χ4v) is 1.51. The number of aryl methyl sites for hydroxylation is 1. The lowest BCUT2D eigenvalue weighted by Gasteiger charge is -2.00. The summed E-state index contributed by atoms with van der Waals surface area (Å²) in [5.41, 5.74) is 2.71. The number of benzene rings is 2. The average molecular weight is 242 g/mol. The first kappa shape index (κ1) is 12.3. The second-order valence-corrected chi connectivity index (χ2v) is 3.92. The smallest absolute Gasteiger partial charge is 0.142 e. The standard InChI is InChI=1S/C15H13FNO/c1-12-5-2-3-7-14(12)10-17-18-11-13-6-4-8-15(16)9-13/h2-9H,11H2,1H3. The second-order valence-electron chi connectivity index (χ2n) is 3.92. The summed E-state index contributed by atoms with van der Waals surface area (Å²) in [6.07, 6.45) is 2.81. The fourth-order valence-electron chi connectivity index (χ4n) is 1.51. The molecular weight excluding hydrogens is 229 g/mol. The quantitative estimate of drug-likeness (QED) is 0.593. The van der Waals surface area contributed by atoms with Gasteiger partial charge in [0, 0.05) is 5.56 Å². The van der Waals surface area contributed by atoms with Gasteiger partial charge < -0.3 is 4.84 Å². The van der Waals surface area contributed by atoms with Crippen LogP contribution in [0, 0.1) is 12.7 Å². The van der Waals surface area contributed by atoms with Crippen LogP contribution in [0.3, 0.4) is 0 Å². The van der Waals surface area contributed by atoms with E-state index in [1.165, 1.54) is 12.1 Å². The largest absolute Gasteiger partial charge is 0.390 e. The van der Waals surface area contributed by atoms with E-state index in [1.54, 1.807) is 12.1 Å². The first-order valence-corrected chi connectivity index (χ1v) is 5.64. The Bertz CT molecular complexity index is 552. The van der Waals surface area contributed by atoms with Gasteiger partial charge in [-0.2, -0.15) is 0 Å². The monoisotopic (exact) mass is 242 g/mol. The highest BCUT2D eigenvalue weighted by Gasteiger charge is 1.96. The van der Waals surface area contributed by atoms with E-state index < -0.39 is 0 Å². The van der Waals surface area contributed by atoms with Gasteiger partial charge in [0.2, 0.25) is 0 Å². The molecule has 0 bridgehead atoms. The van der Waals surface area contributed by atoms with Crippen molar-refractivity contribution in [2.24, 2.45) is 5.16 Å². The molecule has 0 atom stereocenters. The molecule has 0 amide bonds. The van der Waals surface area contributed by atoms with E-state index in [0.717, 1.165) is 16.7 Å². The van der Waals surface area contributed by atoms with E-state index in [4.69, 9.17) is 4.84 Å². The summed E-state index contributed by atoms with van der Waals surface area (Å²) in [5.74, 6) is -0.275. The van der Waals surface area contributed by atoms with Gasteiger partial charge in [-0.15, -0.1) is 0 Å². The summed E-state index contributed by atoms with van der Waals surface area (Å²) in [7, 11) is 0. The van der Waals surface area contributed by atoms with Gasteiger partial charge in [-0.05, 0) is 30.2 Å². The third-order valence-corrected chi connectivity index (χ3v) is 2.50. The molecule has 0 saturated carbocycles. The maximum Gasteiger partial charge on any atom is 0.142 e. The van der Waals surface area contributed by atoms with Crippen LogP contribution in [-0.2, 0) is 11.4 Å². The lowest BCUT2D eigenvalue weighted by Crippen LogP contribution is -1.90. The van der Waals surface area contributed by atoms with Crippen molar-refractivity contribution in [2.45, 2.75) is 13.5 Å². The zero-order chi connectivity index (χ0) is 12.8. The van der Waals surface area contributed by atoms with Crippen molar-refractivity contribution >= 4 is 6.21 Å². The van der Waals surface area contributed by atoms with Crippen LogP contribution in [0.2, 0.25) is 0 Å². The van der Waals surface area contributed by atoms with Crippen molar-refractivity contribution in [1.29, 1.82) is 0 Å². The third kappa shape index (κ3) is 3.42. The Morgan fingerprint density at radius 1 is 1.17 bits per heavy atom. The highest BCUT2D eigenvalue weighted by molar-refractivity contribution is 5.81. The van der Waals surface area contributed by atoms with Crippen molar-refractivity contribution < 1.29 is 9.23 Å². The Morgan fingerprint density at radius 2 is 2.00 bits per heavy atom. The molecule has 0 aliphatic heterocycles. The molecule has 2 rings (SSSR count). The molecule has 2 aromatic rings. The first-order chi connectivity index (χ1) is 8.75. The van der Waals surface area contributed by atoms with Gasteiger partial charge in [0.1, 0.15) is 18.6 Å². The molecule has 0 aliphatic rings. The predicted molar refractivity (Wildman–Crippen MR) is 68.9 cm³/mol. The Morgan fingerprint density at radius 3 is 2.78 bits per heavy atom. The van der Waals surface area contributed by atoms with Crippen molar-refractivity contribution in [3.63, 3.8) is 0 Å². The van der Waals surface area contributed by atoms with Crippen LogP contribution in [0.4, 0.5) is 4.39 Å². The van der Waals surface area contributed by atoms with Gasteiger partial charge in [0.05, 0.1) is 0 Å². The molecule has 2 nitrogen and oxygen atoms in total. The van der Waals surface area contributed by atoms with Gasteiger partial charge in [-0.1, -0.05) is 41.6 Å². The molecular formula is C15H13FNO. The number of halogens is 1. The fraction of sp³-hybridized carbons (Fsp3) is 0.133. The second kappa shape index (κ2) is 5.96. The first-order valence-electron chi connectivity index (χ1n) is 5.64. The van der Waals surface area contributed by atoms with Crippen LogP contribution in [0.25, 0.3) is 0 Å². The van der Waals surface area contributed by atoms with E-state index in [-0.39, 0.29) is 12.4 Å². The third-order valence-electron chi connectivity index (χ3n) is 2.50. The molecule has 18 heavy (non-hydrogen) atoms. The minimum atomic E-state index is -0.275. The van der Waals surface area contributed by atoms with E-state index in [0.29, 0.717) is 0 Å². The molecule has 1 radical (unpaired) electrons. The van der Waals surface area contributed by atoms with Crippen LogP contribution in [-0.4, -0.2) is 6.21 Å². The van der Waals surface area contributed by atoms with E-state index >= 15 is 0 Å². The van der Waals surface area contributed by atoms with Crippen molar-refractivity contribution in [3.8, 4) is 0 Å². The summed E-state index contributed by atoms with van der Waals surface area (Å²) in [6, 6.07) is 14.0. The Kier molecular flexibility index (Phi) is 4.07. The van der Waals surface area contributed by atoms with Gasteiger partial charge in [-0.25, -0.2) is 4.39 Å². The van der Waals surface area contributed by atoms with Crippen LogP contribution in [0.15, 0.2) is 53.7 Å². The van der Waals surface area contributed by atoms with E-state index in [2.05, 4.69) is 11.4 Å². The summed E-state index contributed by atoms with van der Waals surface area (Å²) < 4.78 is 12.9. The molecule has 3 heteroatoms. The zero-order valence-corrected chi connectivity index (χ0v) is 10.1. The molecule has 2 aromatic carbocycles. The van der Waals surface area contributed by atoms with Crippen LogP contribution in [0.1, 0.15) is 16.7 Å². The molecule has 0 saturated heterocycles. The van der Waals surface area contributed by atoms with E-state index in [1.807, 2.05) is 31.2 Å². The summed E-state index contributed by atoms with van der Waals surface area (Å²) in [4.78, 5) is 5.08. The van der Waals surface area contributed by atoms with Crippen LogP contribution >= 0.6 is 0 Å². The number of nitrogens with zero attached hydrogens (tertiary/aromatic N) is 1. The number of hydrogen-bond acceptors (Lipinski definition) is 2. The molecule has 0 aromatic heterocycles.